The molecule has 0 aromatic carbocycles. The molecule has 2 rings (SSSR count). The SMILES string of the molecule is CCCCCCCNc1ncn(Cc2ccccn2)c(=S)n1. The lowest BCUT2D eigenvalue weighted by molar-refractivity contribution is 0.642. The number of aromatic nitrogens is 4. The fourth-order valence-corrected chi connectivity index (χ4v) is 2.34. The molecule has 0 saturated heterocycles. The lowest BCUT2D eigenvalue weighted by atomic mass is 10.1. The van der Waals surface area contributed by atoms with Gasteiger partial charge in [0.15, 0.2) is 0 Å². The number of pyridine rings is 1. The maximum absolute atomic E-state index is 5.32. The first kappa shape index (κ1) is 16.5. The smallest absolute Gasteiger partial charge is 0.226 e. The second-order valence-electron chi connectivity index (χ2n) is 5.25. The van der Waals surface area contributed by atoms with Crippen LogP contribution in [-0.4, -0.2) is 26.1 Å². The minimum absolute atomic E-state index is 0.522. The molecule has 22 heavy (non-hydrogen) atoms. The second-order valence-corrected chi connectivity index (χ2v) is 5.62. The average Bonchev–Trinajstić information content (AvgIpc) is 2.54. The van der Waals surface area contributed by atoms with E-state index >= 15 is 0 Å². The number of rotatable bonds is 9. The quantitative estimate of drug-likeness (QED) is 0.562. The van der Waals surface area contributed by atoms with Crippen LogP contribution >= 0.6 is 12.2 Å². The molecule has 0 bridgehead atoms. The maximum Gasteiger partial charge on any atom is 0.226 e. The predicted octanol–water partition coefficient (Wildman–Crippen LogP) is 3.83. The largest absolute Gasteiger partial charge is 0.354 e. The van der Waals surface area contributed by atoms with Gasteiger partial charge in [-0.2, -0.15) is 4.98 Å². The highest BCUT2D eigenvalue weighted by Gasteiger charge is 2.01. The van der Waals surface area contributed by atoms with Crippen LogP contribution in [0.15, 0.2) is 30.7 Å². The summed E-state index contributed by atoms with van der Waals surface area (Å²) in [6.07, 6.45) is 9.76. The highest BCUT2D eigenvalue weighted by atomic mass is 32.1. The summed E-state index contributed by atoms with van der Waals surface area (Å²) in [4.78, 5) is 12.9. The summed E-state index contributed by atoms with van der Waals surface area (Å²) < 4.78 is 2.35. The zero-order valence-corrected chi connectivity index (χ0v) is 13.9. The van der Waals surface area contributed by atoms with Gasteiger partial charge in [0.2, 0.25) is 10.7 Å². The van der Waals surface area contributed by atoms with Gasteiger partial charge in [-0.15, -0.1) is 0 Å². The summed E-state index contributed by atoms with van der Waals surface area (Å²) in [5.74, 6) is 0.609. The Morgan fingerprint density at radius 3 is 2.73 bits per heavy atom. The standard InChI is InChI=1S/C16H23N5S/c1-2-3-4-5-7-11-18-15-19-13-21(16(22)20-15)12-14-9-6-8-10-17-14/h6,8-10,13H,2-5,7,11-12H2,1H3,(H,18,20,22). The minimum Gasteiger partial charge on any atom is -0.354 e. The van der Waals surface area contributed by atoms with Crippen molar-refractivity contribution in [2.24, 2.45) is 0 Å². The van der Waals surface area contributed by atoms with Gasteiger partial charge in [-0.25, -0.2) is 4.98 Å². The van der Waals surface area contributed by atoms with Gasteiger partial charge in [-0.3, -0.25) is 4.98 Å². The number of hydrogen-bond donors (Lipinski definition) is 1. The van der Waals surface area contributed by atoms with E-state index in [0.29, 0.717) is 17.3 Å². The van der Waals surface area contributed by atoms with E-state index in [1.54, 1.807) is 12.5 Å². The van der Waals surface area contributed by atoms with Gasteiger partial charge in [-0.05, 0) is 30.8 Å². The number of anilines is 1. The first-order valence-electron chi connectivity index (χ1n) is 7.87. The summed E-state index contributed by atoms with van der Waals surface area (Å²) in [7, 11) is 0. The molecular weight excluding hydrogens is 294 g/mol. The van der Waals surface area contributed by atoms with Gasteiger partial charge in [0, 0.05) is 12.7 Å². The lowest BCUT2D eigenvalue weighted by Crippen LogP contribution is -2.11. The number of nitrogens with zero attached hydrogens (tertiary/aromatic N) is 4. The zero-order valence-electron chi connectivity index (χ0n) is 13.0. The number of nitrogens with one attached hydrogen (secondary N) is 1. The van der Waals surface area contributed by atoms with Crippen molar-refractivity contribution in [3.8, 4) is 0 Å². The summed E-state index contributed by atoms with van der Waals surface area (Å²) in [6.45, 7) is 3.71. The van der Waals surface area contributed by atoms with E-state index in [0.717, 1.165) is 18.7 Å². The maximum atomic E-state index is 5.32. The van der Waals surface area contributed by atoms with Crippen LogP contribution < -0.4 is 5.32 Å². The lowest BCUT2D eigenvalue weighted by Gasteiger charge is -2.08. The van der Waals surface area contributed by atoms with Gasteiger partial charge >= 0.3 is 0 Å². The van der Waals surface area contributed by atoms with Gasteiger partial charge < -0.3 is 9.88 Å². The molecule has 0 aliphatic carbocycles. The van der Waals surface area contributed by atoms with E-state index in [2.05, 4.69) is 27.2 Å². The molecule has 1 N–H and O–H groups in total. The molecule has 6 heteroatoms. The number of hydrogen-bond acceptors (Lipinski definition) is 5. The van der Waals surface area contributed by atoms with Crippen LogP contribution in [0.5, 0.6) is 0 Å². The Balaban J connectivity index is 1.83. The van der Waals surface area contributed by atoms with Crippen LogP contribution in [0.2, 0.25) is 0 Å². The van der Waals surface area contributed by atoms with Crippen LogP contribution in [0.3, 0.4) is 0 Å². The molecule has 0 amide bonds. The van der Waals surface area contributed by atoms with Gasteiger partial charge in [0.1, 0.15) is 6.33 Å². The van der Waals surface area contributed by atoms with Crippen LogP contribution in [-0.2, 0) is 6.54 Å². The van der Waals surface area contributed by atoms with Gasteiger partial charge in [0.05, 0.1) is 12.2 Å². The molecule has 5 nitrogen and oxygen atoms in total. The summed E-state index contributed by atoms with van der Waals surface area (Å²) in [6, 6.07) is 5.82. The van der Waals surface area contributed by atoms with Crippen molar-refractivity contribution in [2.45, 2.75) is 45.6 Å². The number of unbranched alkanes of at least 4 members (excludes halogenated alkanes) is 4. The third-order valence-corrected chi connectivity index (χ3v) is 3.71. The zero-order chi connectivity index (χ0) is 15.6. The molecule has 2 aromatic heterocycles. The van der Waals surface area contributed by atoms with E-state index in [1.165, 1.54) is 25.7 Å². The van der Waals surface area contributed by atoms with Crippen molar-refractivity contribution in [1.82, 2.24) is 19.5 Å². The fourth-order valence-electron chi connectivity index (χ4n) is 2.15. The van der Waals surface area contributed by atoms with Crippen molar-refractivity contribution in [3.63, 3.8) is 0 Å². The van der Waals surface area contributed by atoms with Crippen molar-refractivity contribution in [3.05, 3.63) is 41.2 Å². The Labute approximate surface area is 136 Å². The molecule has 0 radical (unpaired) electrons. The molecule has 0 unspecified atom stereocenters. The highest BCUT2D eigenvalue weighted by molar-refractivity contribution is 7.71. The third-order valence-electron chi connectivity index (χ3n) is 3.39. The molecule has 0 saturated carbocycles. The summed E-state index contributed by atoms with van der Waals surface area (Å²) in [5, 5.41) is 3.24. The Bertz CT molecular complexity index is 611. The molecule has 0 aliphatic heterocycles. The van der Waals surface area contributed by atoms with E-state index in [4.69, 9.17) is 12.2 Å². The molecule has 0 spiro atoms. The van der Waals surface area contributed by atoms with E-state index in [9.17, 15) is 0 Å². The van der Waals surface area contributed by atoms with Gasteiger partial charge in [0.25, 0.3) is 0 Å². The third kappa shape index (κ3) is 5.52. The van der Waals surface area contributed by atoms with Gasteiger partial charge in [-0.1, -0.05) is 38.7 Å². The van der Waals surface area contributed by atoms with Crippen molar-refractivity contribution in [2.75, 3.05) is 11.9 Å². The van der Waals surface area contributed by atoms with Crippen molar-refractivity contribution in [1.29, 1.82) is 0 Å². The van der Waals surface area contributed by atoms with Crippen LogP contribution in [0.4, 0.5) is 5.95 Å². The minimum atomic E-state index is 0.522. The predicted molar refractivity (Wildman–Crippen MR) is 91.4 cm³/mol. The first-order chi connectivity index (χ1) is 10.8. The van der Waals surface area contributed by atoms with Crippen LogP contribution in [0, 0.1) is 4.77 Å². The van der Waals surface area contributed by atoms with E-state index in [-0.39, 0.29) is 0 Å². The normalized spacial score (nSPS) is 10.6. The molecule has 2 aromatic rings. The molecular formula is C16H23N5S. The van der Waals surface area contributed by atoms with Crippen LogP contribution in [0.25, 0.3) is 0 Å². The Morgan fingerprint density at radius 1 is 1.14 bits per heavy atom. The van der Waals surface area contributed by atoms with E-state index in [1.807, 2.05) is 22.8 Å². The van der Waals surface area contributed by atoms with Crippen molar-refractivity contribution >= 4 is 18.2 Å². The average molecular weight is 317 g/mol. The Hall–Kier alpha value is -1.82. The molecule has 0 aliphatic rings. The Kier molecular flexibility index (Phi) is 6.96. The summed E-state index contributed by atoms with van der Waals surface area (Å²) >= 11 is 5.32. The summed E-state index contributed by atoms with van der Waals surface area (Å²) in [5.41, 5.74) is 0.943. The first-order valence-corrected chi connectivity index (χ1v) is 8.27. The van der Waals surface area contributed by atoms with Crippen molar-refractivity contribution < 1.29 is 0 Å². The monoisotopic (exact) mass is 317 g/mol. The molecule has 0 fully saturated rings. The van der Waals surface area contributed by atoms with E-state index < -0.39 is 0 Å². The molecule has 118 valence electrons. The molecule has 2 heterocycles. The highest BCUT2D eigenvalue weighted by Crippen LogP contribution is 2.04. The second kappa shape index (κ2) is 9.25. The fraction of sp³-hybridized carbons (Fsp3) is 0.500. The van der Waals surface area contributed by atoms with Crippen LogP contribution in [0.1, 0.15) is 44.7 Å². The topological polar surface area (TPSA) is 55.6 Å². The Morgan fingerprint density at radius 2 is 2.00 bits per heavy atom. The molecule has 0 atom stereocenters.